The summed E-state index contributed by atoms with van der Waals surface area (Å²) in [4.78, 5) is 10.5. The summed E-state index contributed by atoms with van der Waals surface area (Å²) in [6.45, 7) is -0.281. The molecule has 0 fully saturated rings. The highest BCUT2D eigenvalue weighted by Crippen LogP contribution is 2.35. The summed E-state index contributed by atoms with van der Waals surface area (Å²) in [5.41, 5.74) is 8.70. The number of aliphatic hydroxyl groups excluding tert-OH is 1. The third-order valence-corrected chi connectivity index (χ3v) is 2.19. The number of alkyl halides is 3. The minimum absolute atomic E-state index is 0.0804. The molecule has 0 aliphatic rings. The Morgan fingerprint density at radius 1 is 1.44 bits per heavy atom. The number of nitrogens with two attached hydrogens (primary N) is 2. The van der Waals surface area contributed by atoms with Crippen LogP contribution >= 0.6 is 0 Å². The Balaban J connectivity index is 2.83. The van der Waals surface area contributed by atoms with E-state index in [1.807, 2.05) is 0 Å². The van der Waals surface area contributed by atoms with Gasteiger partial charge in [-0.3, -0.25) is 4.79 Å². The van der Waals surface area contributed by atoms with E-state index >= 15 is 0 Å². The molecule has 0 aliphatic carbocycles. The van der Waals surface area contributed by atoms with Crippen LogP contribution in [0.15, 0.2) is 18.2 Å². The summed E-state index contributed by atoms with van der Waals surface area (Å²) < 4.78 is 37.6. The first-order chi connectivity index (χ1) is 8.21. The van der Waals surface area contributed by atoms with Gasteiger partial charge in [-0.2, -0.15) is 13.2 Å². The average molecular weight is 263 g/mol. The van der Waals surface area contributed by atoms with Crippen LogP contribution in [0.3, 0.4) is 0 Å². The second-order valence-electron chi connectivity index (χ2n) is 3.60. The molecule has 8 heteroatoms. The molecule has 0 spiro atoms. The van der Waals surface area contributed by atoms with Crippen LogP contribution in [0.4, 0.5) is 24.5 Å². The van der Waals surface area contributed by atoms with E-state index in [-0.39, 0.29) is 12.2 Å². The number of halogens is 3. The molecule has 1 aromatic carbocycles. The fourth-order valence-corrected chi connectivity index (χ4v) is 1.23. The zero-order valence-corrected chi connectivity index (χ0v) is 9.16. The number of benzene rings is 1. The average Bonchev–Trinajstić information content (AvgIpc) is 2.25. The van der Waals surface area contributed by atoms with E-state index in [1.165, 1.54) is 6.07 Å². The van der Waals surface area contributed by atoms with Crippen LogP contribution in [0, 0.1) is 0 Å². The van der Waals surface area contributed by atoms with Crippen molar-refractivity contribution in [1.29, 1.82) is 0 Å². The largest absolute Gasteiger partial charge is 0.418 e. The highest BCUT2D eigenvalue weighted by molar-refractivity contribution is 5.79. The molecule has 1 aromatic rings. The van der Waals surface area contributed by atoms with Crippen molar-refractivity contribution >= 4 is 17.3 Å². The molecule has 6 N–H and O–H groups in total. The van der Waals surface area contributed by atoms with Crippen LogP contribution in [0.5, 0.6) is 0 Å². The van der Waals surface area contributed by atoms with Gasteiger partial charge in [-0.1, -0.05) is 0 Å². The van der Waals surface area contributed by atoms with Gasteiger partial charge >= 0.3 is 6.18 Å². The van der Waals surface area contributed by atoms with Gasteiger partial charge in [-0.05, 0) is 18.2 Å². The molecular formula is C10H12F3N3O2. The zero-order chi connectivity index (χ0) is 13.9. The van der Waals surface area contributed by atoms with Crippen molar-refractivity contribution in [1.82, 2.24) is 0 Å². The van der Waals surface area contributed by atoms with E-state index in [0.717, 1.165) is 12.1 Å². The number of nitrogen functional groups attached to an aromatic ring is 1. The van der Waals surface area contributed by atoms with Crippen molar-refractivity contribution < 1.29 is 23.1 Å². The van der Waals surface area contributed by atoms with E-state index in [4.69, 9.17) is 16.6 Å². The van der Waals surface area contributed by atoms with Gasteiger partial charge in [0.15, 0.2) is 0 Å². The lowest BCUT2D eigenvalue weighted by molar-refractivity contribution is -0.136. The molecule has 0 bridgehead atoms. The van der Waals surface area contributed by atoms with Gasteiger partial charge in [0.2, 0.25) is 5.91 Å². The van der Waals surface area contributed by atoms with Crippen LogP contribution < -0.4 is 16.8 Å². The lowest BCUT2D eigenvalue weighted by Crippen LogP contribution is -2.34. The predicted octanol–water partition coefficient (Wildman–Crippen LogP) is 0.546. The molecular weight excluding hydrogens is 251 g/mol. The van der Waals surface area contributed by atoms with Crippen LogP contribution in [-0.2, 0) is 11.0 Å². The van der Waals surface area contributed by atoms with Gasteiger partial charge in [0, 0.05) is 17.9 Å². The number of carbonyl (C=O) groups is 1. The molecule has 0 radical (unpaired) electrons. The van der Waals surface area contributed by atoms with Crippen molar-refractivity contribution in [3.63, 3.8) is 0 Å². The Bertz CT molecular complexity index is 448. The topological polar surface area (TPSA) is 101 Å². The molecule has 0 heterocycles. The number of amides is 1. The summed E-state index contributed by atoms with van der Waals surface area (Å²) in [5.74, 6) is -0.964. The number of nitrogens with one attached hydrogen (secondary N) is 1. The van der Waals surface area contributed by atoms with E-state index in [1.54, 1.807) is 0 Å². The smallest absolute Gasteiger partial charge is 0.398 e. The minimum atomic E-state index is -4.57. The maximum absolute atomic E-state index is 12.5. The molecule has 1 unspecified atom stereocenters. The van der Waals surface area contributed by atoms with E-state index in [2.05, 4.69) is 5.32 Å². The molecule has 0 aromatic heterocycles. The standard InChI is InChI=1S/C10H12F3N3O2/c11-10(12,13)6-3-5(1-2-7(6)14)16-4-8(17)9(15)18/h1-3,8,16-17H,4,14H2,(H2,15,18). The number of rotatable bonds is 4. The number of hydrogen-bond donors (Lipinski definition) is 4. The molecule has 0 aliphatic heterocycles. The lowest BCUT2D eigenvalue weighted by atomic mass is 10.1. The molecule has 1 atom stereocenters. The van der Waals surface area contributed by atoms with Crippen molar-refractivity contribution in [2.24, 2.45) is 5.73 Å². The first-order valence-corrected chi connectivity index (χ1v) is 4.90. The maximum Gasteiger partial charge on any atom is 0.418 e. The third kappa shape index (κ3) is 3.52. The normalized spacial score (nSPS) is 13.1. The van der Waals surface area contributed by atoms with E-state index in [0.29, 0.717) is 0 Å². The number of carbonyl (C=O) groups excluding carboxylic acids is 1. The number of anilines is 2. The first kappa shape index (κ1) is 14.1. The monoisotopic (exact) mass is 263 g/mol. The Hall–Kier alpha value is -1.96. The third-order valence-electron chi connectivity index (χ3n) is 2.19. The summed E-state index contributed by atoms with van der Waals surface area (Å²) in [5, 5.41) is 11.5. The van der Waals surface area contributed by atoms with E-state index < -0.39 is 29.4 Å². The second kappa shape index (κ2) is 5.13. The summed E-state index contributed by atoms with van der Waals surface area (Å²) in [7, 11) is 0. The lowest BCUT2D eigenvalue weighted by Gasteiger charge is -2.14. The van der Waals surface area contributed by atoms with Gasteiger partial charge in [0.05, 0.1) is 5.56 Å². The molecule has 100 valence electrons. The highest BCUT2D eigenvalue weighted by Gasteiger charge is 2.33. The van der Waals surface area contributed by atoms with Crippen molar-refractivity contribution in [2.75, 3.05) is 17.6 Å². The van der Waals surface area contributed by atoms with Crippen molar-refractivity contribution in [3.8, 4) is 0 Å². The molecule has 0 saturated heterocycles. The number of primary amides is 1. The maximum atomic E-state index is 12.5. The van der Waals surface area contributed by atoms with Crippen molar-refractivity contribution in [3.05, 3.63) is 23.8 Å². The fraction of sp³-hybridized carbons (Fsp3) is 0.300. The van der Waals surface area contributed by atoms with Crippen LogP contribution in [0.2, 0.25) is 0 Å². The quantitative estimate of drug-likeness (QED) is 0.596. The molecule has 5 nitrogen and oxygen atoms in total. The Labute approximate surface area is 101 Å². The van der Waals surface area contributed by atoms with Gasteiger partial charge in [-0.15, -0.1) is 0 Å². The van der Waals surface area contributed by atoms with Crippen LogP contribution in [-0.4, -0.2) is 23.7 Å². The highest BCUT2D eigenvalue weighted by atomic mass is 19.4. The SMILES string of the molecule is NC(=O)C(O)CNc1ccc(N)c(C(F)(F)F)c1. The minimum Gasteiger partial charge on any atom is -0.398 e. The van der Waals surface area contributed by atoms with Crippen LogP contribution in [0.1, 0.15) is 5.56 Å². The Morgan fingerprint density at radius 3 is 2.56 bits per heavy atom. The van der Waals surface area contributed by atoms with Gasteiger partial charge < -0.3 is 21.9 Å². The number of hydrogen-bond acceptors (Lipinski definition) is 4. The van der Waals surface area contributed by atoms with E-state index in [9.17, 15) is 18.0 Å². The Morgan fingerprint density at radius 2 is 2.06 bits per heavy atom. The van der Waals surface area contributed by atoms with Gasteiger partial charge in [0.25, 0.3) is 0 Å². The summed E-state index contributed by atoms with van der Waals surface area (Å²) in [6.07, 6.45) is -6.04. The predicted molar refractivity (Wildman–Crippen MR) is 59.5 cm³/mol. The summed E-state index contributed by atoms with van der Waals surface area (Å²) in [6, 6.07) is 3.18. The molecule has 18 heavy (non-hydrogen) atoms. The summed E-state index contributed by atoms with van der Waals surface area (Å²) >= 11 is 0. The van der Waals surface area contributed by atoms with Gasteiger partial charge in [0.1, 0.15) is 6.10 Å². The first-order valence-electron chi connectivity index (χ1n) is 4.90. The van der Waals surface area contributed by atoms with Crippen molar-refractivity contribution in [2.45, 2.75) is 12.3 Å². The van der Waals surface area contributed by atoms with Gasteiger partial charge in [-0.25, -0.2) is 0 Å². The molecule has 1 amide bonds. The number of aliphatic hydroxyl groups is 1. The Kier molecular flexibility index (Phi) is 4.02. The second-order valence-corrected chi connectivity index (χ2v) is 3.60. The zero-order valence-electron chi connectivity index (χ0n) is 9.16. The van der Waals surface area contributed by atoms with Crippen LogP contribution in [0.25, 0.3) is 0 Å². The molecule has 0 saturated carbocycles. The molecule has 1 rings (SSSR count). The fourth-order valence-electron chi connectivity index (χ4n) is 1.23.